The highest BCUT2D eigenvalue weighted by molar-refractivity contribution is 6.05. The molecule has 1 saturated heterocycles. The quantitative estimate of drug-likeness (QED) is 0.783. The van der Waals surface area contributed by atoms with Crippen molar-refractivity contribution in [2.24, 2.45) is 17.8 Å². The molecule has 2 amide bonds. The summed E-state index contributed by atoms with van der Waals surface area (Å²) < 4.78 is 13.8. The number of hydrogen-bond acceptors (Lipinski definition) is 3. The molecule has 1 heterocycles. The SMILES string of the molecule is CC1CC2C(=O)N(Cc3cc(C#N)ccc3F)C(=O)C2C1. The summed E-state index contributed by atoms with van der Waals surface area (Å²) in [5, 5.41) is 8.86. The summed E-state index contributed by atoms with van der Waals surface area (Å²) in [5.41, 5.74) is 0.531. The molecule has 2 fully saturated rings. The third-order valence-electron chi connectivity index (χ3n) is 4.47. The van der Waals surface area contributed by atoms with E-state index in [2.05, 4.69) is 0 Å². The Balaban J connectivity index is 1.85. The van der Waals surface area contributed by atoms with Crippen molar-refractivity contribution < 1.29 is 14.0 Å². The van der Waals surface area contributed by atoms with Crippen LogP contribution in [0.5, 0.6) is 0 Å². The number of carbonyl (C=O) groups is 2. The van der Waals surface area contributed by atoms with Crippen molar-refractivity contribution in [1.29, 1.82) is 5.26 Å². The fraction of sp³-hybridized carbons (Fsp3) is 0.438. The predicted octanol–water partition coefficient (Wildman–Crippen LogP) is 2.23. The number of carbonyl (C=O) groups excluding carboxylic acids is 2. The molecule has 5 heteroatoms. The van der Waals surface area contributed by atoms with Gasteiger partial charge in [0.1, 0.15) is 5.82 Å². The van der Waals surface area contributed by atoms with E-state index >= 15 is 0 Å². The normalized spacial score (nSPS) is 27.9. The number of halogens is 1. The molecule has 3 rings (SSSR count). The Kier molecular flexibility index (Phi) is 3.25. The first-order chi connectivity index (χ1) is 10.0. The van der Waals surface area contributed by atoms with Crippen molar-refractivity contribution in [3.05, 3.63) is 35.1 Å². The number of hydrogen-bond donors (Lipinski definition) is 0. The van der Waals surface area contributed by atoms with Gasteiger partial charge in [0.05, 0.1) is 30.0 Å². The smallest absolute Gasteiger partial charge is 0.233 e. The van der Waals surface area contributed by atoms with Crippen LogP contribution < -0.4 is 0 Å². The van der Waals surface area contributed by atoms with Gasteiger partial charge in [0, 0.05) is 5.56 Å². The van der Waals surface area contributed by atoms with Crippen LogP contribution in [0.4, 0.5) is 4.39 Å². The first kappa shape index (κ1) is 13.7. The van der Waals surface area contributed by atoms with Crippen LogP contribution in [0, 0.1) is 34.9 Å². The fourth-order valence-corrected chi connectivity index (χ4v) is 3.44. The lowest BCUT2D eigenvalue weighted by molar-refractivity contribution is -0.141. The van der Waals surface area contributed by atoms with Crippen molar-refractivity contribution in [1.82, 2.24) is 4.90 Å². The van der Waals surface area contributed by atoms with Gasteiger partial charge in [-0.3, -0.25) is 14.5 Å². The minimum absolute atomic E-state index is 0.0829. The molecular formula is C16H15FN2O2. The van der Waals surface area contributed by atoms with Crippen molar-refractivity contribution in [3.8, 4) is 6.07 Å². The van der Waals surface area contributed by atoms with Gasteiger partial charge < -0.3 is 0 Å². The van der Waals surface area contributed by atoms with Gasteiger partial charge in [-0.05, 0) is 37.0 Å². The van der Waals surface area contributed by atoms with E-state index in [9.17, 15) is 14.0 Å². The maximum Gasteiger partial charge on any atom is 0.233 e. The highest BCUT2D eigenvalue weighted by Gasteiger charge is 2.51. The number of nitrogens with zero attached hydrogens (tertiary/aromatic N) is 2. The third-order valence-corrected chi connectivity index (χ3v) is 4.47. The number of rotatable bonds is 2. The van der Waals surface area contributed by atoms with E-state index in [-0.39, 0.29) is 35.8 Å². The number of amides is 2. The minimum Gasteiger partial charge on any atom is -0.278 e. The summed E-state index contributed by atoms with van der Waals surface area (Å²) in [4.78, 5) is 25.8. The lowest BCUT2D eigenvalue weighted by Crippen LogP contribution is -2.32. The Morgan fingerprint density at radius 2 is 1.90 bits per heavy atom. The minimum atomic E-state index is -0.500. The average molecular weight is 286 g/mol. The Bertz CT molecular complexity index is 641. The summed E-state index contributed by atoms with van der Waals surface area (Å²) in [6.07, 6.45) is 1.46. The molecule has 1 aliphatic heterocycles. The lowest BCUT2D eigenvalue weighted by atomic mass is 10.00. The van der Waals surface area contributed by atoms with Crippen LogP contribution >= 0.6 is 0 Å². The monoisotopic (exact) mass is 286 g/mol. The molecule has 1 saturated carbocycles. The maximum absolute atomic E-state index is 13.8. The van der Waals surface area contributed by atoms with Gasteiger partial charge in [-0.25, -0.2) is 4.39 Å². The highest BCUT2D eigenvalue weighted by Crippen LogP contribution is 2.43. The van der Waals surface area contributed by atoms with E-state index in [4.69, 9.17) is 5.26 Å². The standard InChI is InChI=1S/C16H15FN2O2/c1-9-4-12-13(5-9)16(21)19(15(12)20)8-11-6-10(7-18)2-3-14(11)17/h2-3,6,9,12-13H,4-5,8H2,1H3. The second-order valence-corrected chi connectivity index (χ2v) is 5.97. The summed E-state index contributed by atoms with van der Waals surface area (Å²) in [6, 6.07) is 5.90. The number of likely N-dealkylation sites (tertiary alicyclic amines) is 1. The van der Waals surface area contributed by atoms with Gasteiger partial charge in [-0.15, -0.1) is 0 Å². The predicted molar refractivity (Wildman–Crippen MR) is 72.1 cm³/mol. The molecule has 0 radical (unpaired) electrons. The van der Waals surface area contributed by atoms with Crippen LogP contribution in [0.3, 0.4) is 0 Å². The molecule has 2 aliphatic rings. The van der Waals surface area contributed by atoms with Crippen molar-refractivity contribution in [2.75, 3.05) is 0 Å². The molecule has 2 atom stereocenters. The Morgan fingerprint density at radius 1 is 1.29 bits per heavy atom. The number of imide groups is 1. The first-order valence-corrected chi connectivity index (χ1v) is 7.05. The summed E-state index contributed by atoms with van der Waals surface area (Å²) in [6.45, 7) is 1.96. The topological polar surface area (TPSA) is 61.2 Å². The van der Waals surface area contributed by atoms with Gasteiger partial charge in [-0.1, -0.05) is 6.92 Å². The maximum atomic E-state index is 13.8. The van der Waals surface area contributed by atoms with Crippen LogP contribution in [0.15, 0.2) is 18.2 Å². The third kappa shape index (κ3) is 2.21. The molecule has 21 heavy (non-hydrogen) atoms. The Morgan fingerprint density at radius 3 is 2.48 bits per heavy atom. The molecule has 2 unspecified atom stereocenters. The molecule has 0 spiro atoms. The summed E-state index contributed by atoms with van der Waals surface area (Å²) in [7, 11) is 0. The van der Waals surface area contributed by atoms with Gasteiger partial charge >= 0.3 is 0 Å². The number of nitriles is 1. The van der Waals surface area contributed by atoms with Crippen LogP contribution in [0.25, 0.3) is 0 Å². The second kappa shape index (κ2) is 4.96. The molecule has 1 aromatic carbocycles. The molecule has 1 aliphatic carbocycles. The molecule has 4 nitrogen and oxygen atoms in total. The van der Waals surface area contributed by atoms with E-state index in [0.717, 1.165) is 17.7 Å². The molecule has 0 N–H and O–H groups in total. The van der Waals surface area contributed by atoms with Crippen LogP contribution in [0.1, 0.15) is 30.9 Å². The van der Waals surface area contributed by atoms with E-state index in [1.807, 2.05) is 13.0 Å². The molecule has 0 bridgehead atoms. The summed E-state index contributed by atoms with van der Waals surface area (Å²) in [5.74, 6) is -0.995. The van der Waals surface area contributed by atoms with Crippen LogP contribution in [-0.4, -0.2) is 16.7 Å². The van der Waals surface area contributed by atoms with Gasteiger partial charge in [0.15, 0.2) is 0 Å². The van der Waals surface area contributed by atoms with Crippen LogP contribution in [0.2, 0.25) is 0 Å². The van der Waals surface area contributed by atoms with E-state index in [1.165, 1.54) is 18.2 Å². The second-order valence-electron chi connectivity index (χ2n) is 5.97. The van der Waals surface area contributed by atoms with Crippen molar-refractivity contribution >= 4 is 11.8 Å². The lowest BCUT2D eigenvalue weighted by Gasteiger charge is -2.17. The first-order valence-electron chi connectivity index (χ1n) is 7.05. The van der Waals surface area contributed by atoms with E-state index in [0.29, 0.717) is 11.5 Å². The summed E-state index contributed by atoms with van der Waals surface area (Å²) >= 11 is 0. The van der Waals surface area contributed by atoms with Crippen LogP contribution in [-0.2, 0) is 16.1 Å². The number of fused-ring (bicyclic) bond motifs is 1. The Labute approximate surface area is 122 Å². The molecule has 1 aromatic rings. The zero-order valence-electron chi connectivity index (χ0n) is 11.7. The molecule has 108 valence electrons. The molecule has 0 aromatic heterocycles. The largest absolute Gasteiger partial charge is 0.278 e. The zero-order chi connectivity index (χ0) is 15.1. The van der Waals surface area contributed by atoms with E-state index in [1.54, 1.807) is 0 Å². The van der Waals surface area contributed by atoms with Gasteiger partial charge in [0.2, 0.25) is 11.8 Å². The van der Waals surface area contributed by atoms with Gasteiger partial charge in [-0.2, -0.15) is 5.26 Å². The zero-order valence-corrected chi connectivity index (χ0v) is 11.7. The highest BCUT2D eigenvalue weighted by atomic mass is 19.1. The Hall–Kier alpha value is -2.22. The van der Waals surface area contributed by atoms with Crippen molar-refractivity contribution in [3.63, 3.8) is 0 Å². The molecular weight excluding hydrogens is 271 g/mol. The average Bonchev–Trinajstić information content (AvgIpc) is 2.94. The number of benzene rings is 1. The van der Waals surface area contributed by atoms with E-state index < -0.39 is 5.82 Å². The van der Waals surface area contributed by atoms with Crippen molar-refractivity contribution in [2.45, 2.75) is 26.3 Å². The fourth-order valence-electron chi connectivity index (χ4n) is 3.44. The van der Waals surface area contributed by atoms with Gasteiger partial charge in [0.25, 0.3) is 0 Å².